The molecule has 27 heavy (non-hydrogen) atoms. The lowest BCUT2D eigenvalue weighted by molar-refractivity contribution is 0.0683. The fourth-order valence-corrected chi connectivity index (χ4v) is 4.65. The number of amides is 1. The molecule has 1 saturated heterocycles. The van der Waals surface area contributed by atoms with Crippen molar-refractivity contribution in [3.05, 3.63) is 34.8 Å². The van der Waals surface area contributed by atoms with Crippen LogP contribution in [0.1, 0.15) is 35.8 Å². The topological polar surface area (TPSA) is 77.0 Å². The minimum atomic E-state index is 0.0689. The summed E-state index contributed by atoms with van der Waals surface area (Å²) in [4.78, 5) is 21.2. The van der Waals surface area contributed by atoms with Crippen LogP contribution < -0.4 is 5.73 Å². The van der Waals surface area contributed by atoms with Gasteiger partial charge in [-0.25, -0.2) is 4.98 Å². The van der Waals surface area contributed by atoms with Gasteiger partial charge in [0.1, 0.15) is 0 Å². The van der Waals surface area contributed by atoms with Crippen molar-refractivity contribution in [2.24, 2.45) is 18.7 Å². The lowest BCUT2D eigenvalue weighted by atomic mass is 9.90. The zero-order chi connectivity index (χ0) is 19.1. The van der Waals surface area contributed by atoms with E-state index >= 15 is 0 Å². The van der Waals surface area contributed by atoms with Gasteiger partial charge < -0.3 is 10.6 Å². The fourth-order valence-electron chi connectivity index (χ4n) is 3.96. The van der Waals surface area contributed by atoms with E-state index in [0.717, 1.165) is 53.2 Å². The van der Waals surface area contributed by atoms with Crippen molar-refractivity contribution in [1.82, 2.24) is 19.7 Å². The van der Waals surface area contributed by atoms with Crippen LogP contribution in [-0.4, -0.2) is 44.7 Å². The minimum absolute atomic E-state index is 0.0689. The van der Waals surface area contributed by atoms with Crippen LogP contribution in [0.25, 0.3) is 21.6 Å². The summed E-state index contributed by atoms with van der Waals surface area (Å²) in [7, 11) is 1.88. The summed E-state index contributed by atoms with van der Waals surface area (Å²) in [5, 5.41) is 7.39. The molecule has 0 bridgehead atoms. The second kappa shape index (κ2) is 7.05. The molecule has 7 heteroatoms. The standard InChI is InChI=1S/C20H25N5OS/c1-12(21)14-6-8-25(9-7-14)20(26)15-11-16(17-5-4-10-27-17)22-19-18(15)13(2)23-24(19)3/h4-5,10-12,14H,6-9,21H2,1-3H3. The van der Waals surface area contributed by atoms with Gasteiger partial charge in [-0.15, -0.1) is 11.3 Å². The highest BCUT2D eigenvalue weighted by Crippen LogP contribution is 2.31. The number of thiophene rings is 1. The van der Waals surface area contributed by atoms with Gasteiger partial charge in [0.15, 0.2) is 5.65 Å². The molecule has 142 valence electrons. The number of aryl methyl sites for hydroxylation is 2. The third kappa shape index (κ3) is 3.26. The Morgan fingerprint density at radius 2 is 2.11 bits per heavy atom. The molecule has 6 nitrogen and oxygen atoms in total. The van der Waals surface area contributed by atoms with Crippen molar-refractivity contribution in [3.63, 3.8) is 0 Å². The van der Waals surface area contributed by atoms with Gasteiger partial charge in [0.25, 0.3) is 5.91 Å². The first-order valence-electron chi connectivity index (χ1n) is 9.38. The van der Waals surface area contributed by atoms with Crippen LogP contribution in [0, 0.1) is 12.8 Å². The van der Waals surface area contributed by atoms with Gasteiger partial charge in [-0.05, 0) is 50.1 Å². The number of likely N-dealkylation sites (tertiary alicyclic amines) is 1. The van der Waals surface area contributed by atoms with E-state index in [1.54, 1.807) is 16.0 Å². The molecular weight excluding hydrogens is 358 g/mol. The van der Waals surface area contributed by atoms with Crippen molar-refractivity contribution in [2.75, 3.05) is 13.1 Å². The maximum atomic E-state index is 13.4. The van der Waals surface area contributed by atoms with E-state index in [0.29, 0.717) is 11.5 Å². The Kier molecular flexibility index (Phi) is 4.74. The second-order valence-electron chi connectivity index (χ2n) is 7.43. The summed E-state index contributed by atoms with van der Waals surface area (Å²) in [5.41, 5.74) is 9.18. The number of carbonyl (C=O) groups is 1. The van der Waals surface area contributed by atoms with Crippen molar-refractivity contribution in [2.45, 2.75) is 32.7 Å². The van der Waals surface area contributed by atoms with Gasteiger partial charge in [0.05, 0.1) is 27.2 Å². The monoisotopic (exact) mass is 383 g/mol. The third-order valence-electron chi connectivity index (χ3n) is 5.54. The van der Waals surface area contributed by atoms with Crippen molar-refractivity contribution < 1.29 is 4.79 Å². The van der Waals surface area contributed by atoms with Gasteiger partial charge in [-0.1, -0.05) is 6.07 Å². The third-order valence-corrected chi connectivity index (χ3v) is 6.44. The number of aromatic nitrogens is 3. The SMILES string of the molecule is Cc1nn(C)c2nc(-c3cccs3)cc(C(=O)N3CCC(C(C)N)CC3)c12. The van der Waals surface area contributed by atoms with Gasteiger partial charge in [-0.3, -0.25) is 9.48 Å². The maximum Gasteiger partial charge on any atom is 0.254 e. The largest absolute Gasteiger partial charge is 0.339 e. The number of piperidine rings is 1. The molecule has 0 radical (unpaired) electrons. The fraction of sp³-hybridized carbons (Fsp3) is 0.450. The number of hydrogen-bond donors (Lipinski definition) is 1. The van der Waals surface area contributed by atoms with Crippen LogP contribution in [-0.2, 0) is 7.05 Å². The minimum Gasteiger partial charge on any atom is -0.339 e. The molecule has 1 fully saturated rings. The number of nitrogens with zero attached hydrogens (tertiary/aromatic N) is 4. The Labute approximate surface area is 163 Å². The number of rotatable bonds is 3. The van der Waals surface area contributed by atoms with E-state index in [2.05, 4.69) is 12.0 Å². The highest BCUT2D eigenvalue weighted by atomic mass is 32.1. The number of pyridine rings is 1. The zero-order valence-electron chi connectivity index (χ0n) is 16.0. The predicted molar refractivity (Wildman–Crippen MR) is 109 cm³/mol. The molecule has 3 aromatic heterocycles. The smallest absolute Gasteiger partial charge is 0.254 e. The van der Waals surface area contributed by atoms with Crippen LogP contribution in [0.4, 0.5) is 0 Å². The van der Waals surface area contributed by atoms with E-state index in [1.807, 2.05) is 42.5 Å². The Bertz CT molecular complexity index is 968. The normalized spacial score (nSPS) is 16.8. The first-order chi connectivity index (χ1) is 13.0. The van der Waals surface area contributed by atoms with Crippen molar-refractivity contribution >= 4 is 28.3 Å². The van der Waals surface area contributed by atoms with E-state index in [-0.39, 0.29) is 11.9 Å². The summed E-state index contributed by atoms with van der Waals surface area (Å²) >= 11 is 1.63. The molecule has 4 rings (SSSR count). The molecule has 0 aliphatic carbocycles. The van der Waals surface area contributed by atoms with E-state index in [1.165, 1.54) is 0 Å². The quantitative estimate of drug-likeness (QED) is 0.753. The highest BCUT2D eigenvalue weighted by Gasteiger charge is 2.28. The van der Waals surface area contributed by atoms with E-state index in [4.69, 9.17) is 10.7 Å². The molecule has 1 aliphatic heterocycles. The van der Waals surface area contributed by atoms with Crippen LogP contribution in [0.15, 0.2) is 23.6 Å². The number of nitrogens with two attached hydrogens (primary N) is 1. The second-order valence-corrected chi connectivity index (χ2v) is 8.38. The maximum absolute atomic E-state index is 13.4. The summed E-state index contributed by atoms with van der Waals surface area (Å²) in [5.74, 6) is 0.563. The van der Waals surface area contributed by atoms with Gasteiger partial charge in [0, 0.05) is 26.2 Å². The van der Waals surface area contributed by atoms with Crippen LogP contribution in [0.2, 0.25) is 0 Å². The van der Waals surface area contributed by atoms with Crippen LogP contribution in [0.5, 0.6) is 0 Å². The Morgan fingerprint density at radius 3 is 2.74 bits per heavy atom. The van der Waals surface area contributed by atoms with Crippen LogP contribution >= 0.6 is 11.3 Å². The first kappa shape index (κ1) is 18.1. The summed E-state index contributed by atoms with van der Waals surface area (Å²) in [6, 6.07) is 6.15. The lowest BCUT2D eigenvalue weighted by Crippen LogP contribution is -2.42. The van der Waals surface area contributed by atoms with Gasteiger partial charge >= 0.3 is 0 Å². The molecule has 1 atom stereocenters. The Hall–Kier alpha value is -2.25. The molecule has 3 aromatic rings. The van der Waals surface area contributed by atoms with Crippen molar-refractivity contribution in [1.29, 1.82) is 0 Å². The average Bonchev–Trinajstić information content (AvgIpc) is 3.29. The molecule has 2 N–H and O–H groups in total. The molecule has 0 aromatic carbocycles. The molecule has 0 saturated carbocycles. The van der Waals surface area contributed by atoms with Crippen LogP contribution in [0.3, 0.4) is 0 Å². The average molecular weight is 384 g/mol. The Morgan fingerprint density at radius 1 is 1.37 bits per heavy atom. The number of hydrogen-bond acceptors (Lipinski definition) is 5. The Balaban J connectivity index is 1.75. The molecule has 1 aliphatic rings. The number of carbonyl (C=O) groups excluding carboxylic acids is 1. The molecule has 1 unspecified atom stereocenters. The van der Waals surface area contributed by atoms with E-state index < -0.39 is 0 Å². The first-order valence-corrected chi connectivity index (χ1v) is 10.3. The highest BCUT2D eigenvalue weighted by molar-refractivity contribution is 7.13. The van der Waals surface area contributed by atoms with Crippen molar-refractivity contribution in [3.8, 4) is 10.6 Å². The van der Waals surface area contributed by atoms with Gasteiger partial charge in [-0.2, -0.15) is 5.10 Å². The molecule has 1 amide bonds. The lowest BCUT2D eigenvalue weighted by Gasteiger charge is -2.34. The predicted octanol–water partition coefficient (Wildman–Crippen LogP) is 3.20. The summed E-state index contributed by atoms with van der Waals surface area (Å²) in [6.45, 7) is 5.50. The zero-order valence-corrected chi connectivity index (χ0v) is 16.8. The number of fused-ring (bicyclic) bond motifs is 1. The summed E-state index contributed by atoms with van der Waals surface area (Å²) < 4.78 is 1.76. The van der Waals surface area contributed by atoms with Gasteiger partial charge in [0.2, 0.25) is 0 Å². The summed E-state index contributed by atoms with van der Waals surface area (Å²) in [6.07, 6.45) is 1.92. The molecule has 0 spiro atoms. The molecular formula is C20H25N5OS. The molecule has 4 heterocycles. The van der Waals surface area contributed by atoms with E-state index in [9.17, 15) is 4.79 Å².